The Balaban J connectivity index is 2.15. The first-order valence-corrected chi connectivity index (χ1v) is 7.55. The molecule has 1 aromatic rings. The molecule has 0 bridgehead atoms. The number of ether oxygens (including phenoxy) is 1. The third-order valence-electron chi connectivity index (χ3n) is 2.67. The van der Waals surface area contributed by atoms with E-state index in [2.05, 4.69) is 0 Å². The summed E-state index contributed by atoms with van der Waals surface area (Å²) < 4.78 is 5.35. The highest BCUT2D eigenvalue weighted by Gasteiger charge is 2.34. The van der Waals surface area contributed by atoms with Crippen molar-refractivity contribution in [3.63, 3.8) is 0 Å². The molecular weight excluding hydrogens is 298 g/mol. The fourth-order valence-corrected chi connectivity index (χ4v) is 2.79. The van der Waals surface area contributed by atoms with E-state index in [0.29, 0.717) is 11.5 Å². The Hall–Kier alpha value is -1.46. The summed E-state index contributed by atoms with van der Waals surface area (Å²) in [5.74, 6) is 0.739. The average molecular weight is 312 g/mol. The van der Waals surface area contributed by atoms with Gasteiger partial charge in [0.2, 0.25) is 0 Å². The predicted octanol–water partition coefficient (Wildman–Crippen LogP) is 3.36. The van der Waals surface area contributed by atoms with Gasteiger partial charge in [-0.3, -0.25) is 14.5 Å². The van der Waals surface area contributed by atoms with Gasteiger partial charge in [0.15, 0.2) is 0 Å². The SMILES string of the molecule is CCOc1ccc(/C=C2/SC(=O)N(CCCl)C2=O)cc1. The van der Waals surface area contributed by atoms with Crippen molar-refractivity contribution in [2.24, 2.45) is 0 Å². The number of hydrogen-bond donors (Lipinski definition) is 0. The third-order valence-corrected chi connectivity index (χ3v) is 3.75. The number of alkyl halides is 1. The second-order valence-electron chi connectivity index (χ2n) is 4.02. The molecule has 106 valence electrons. The van der Waals surface area contributed by atoms with E-state index in [1.54, 1.807) is 6.08 Å². The van der Waals surface area contributed by atoms with E-state index in [-0.39, 0.29) is 23.6 Å². The molecule has 2 amide bonds. The lowest BCUT2D eigenvalue weighted by Gasteiger charge is -2.08. The molecule has 20 heavy (non-hydrogen) atoms. The number of thioether (sulfide) groups is 1. The molecule has 1 saturated heterocycles. The van der Waals surface area contributed by atoms with Crippen molar-refractivity contribution in [1.29, 1.82) is 0 Å². The summed E-state index contributed by atoms with van der Waals surface area (Å²) in [6, 6.07) is 7.36. The standard InChI is InChI=1S/C14H14ClNO3S/c1-2-19-11-5-3-10(4-6-11)9-12-13(17)16(8-7-15)14(18)20-12/h3-6,9H,2,7-8H2,1H3/b12-9+. The van der Waals surface area contributed by atoms with Crippen molar-refractivity contribution in [3.8, 4) is 5.75 Å². The number of benzene rings is 1. The van der Waals surface area contributed by atoms with E-state index < -0.39 is 0 Å². The summed E-state index contributed by atoms with van der Waals surface area (Å²) in [5, 5.41) is -0.271. The first-order chi connectivity index (χ1) is 9.65. The number of rotatable bonds is 5. The van der Waals surface area contributed by atoms with Crippen molar-refractivity contribution in [2.45, 2.75) is 6.92 Å². The summed E-state index contributed by atoms with van der Waals surface area (Å²) in [6.45, 7) is 2.77. The molecule has 0 radical (unpaired) electrons. The maximum absolute atomic E-state index is 12.0. The Bertz CT molecular complexity index is 542. The van der Waals surface area contributed by atoms with Crippen LogP contribution < -0.4 is 4.74 Å². The maximum Gasteiger partial charge on any atom is 0.293 e. The van der Waals surface area contributed by atoms with Crippen LogP contribution in [0.25, 0.3) is 6.08 Å². The highest BCUT2D eigenvalue weighted by atomic mass is 35.5. The van der Waals surface area contributed by atoms with Crippen molar-refractivity contribution in [3.05, 3.63) is 34.7 Å². The van der Waals surface area contributed by atoms with Gasteiger partial charge in [-0.25, -0.2) is 0 Å². The van der Waals surface area contributed by atoms with Crippen LogP contribution in [0.1, 0.15) is 12.5 Å². The van der Waals surface area contributed by atoms with Gasteiger partial charge in [-0.2, -0.15) is 0 Å². The van der Waals surface area contributed by atoms with Crippen molar-refractivity contribution >= 4 is 40.6 Å². The van der Waals surface area contributed by atoms with Crippen LogP contribution >= 0.6 is 23.4 Å². The number of carbonyl (C=O) groups excluding carboxylic acids is 2. The summed E-state index contributed by atoms with van der Waals surface area (Å²) in [6.07, 6.45) is 1.70. The van der Waals surface area contributed by atoms with Crippen LogP contribution in [0.4, 0.5) is 4.79 Å². The van der Waals surface area contributed by atoms with E-state index >= 15 is 0 Å². The normalized spacial score (nSPS) is 17.1. The molecule has 4 nitrogen and oxygen atoms in total. The molecule has 0 N–H and O–H groups in total. The van der Waals surface area contributed by atoms with Gasteiger partial charge in [-0.05, 0) is 42.5 Å². The lowest BCUT2D eigenvalue weighted by Crippen LogP contribution is -2.29. The highest BCUT2D eigenvalue weighted by molar-refractivity contribution is 8.18. The van der Waals surface area contributed by atoms with Gasteiger partial charge in [0.1, 0.15) is 5.75 Å². The molecule has 1 heterocycles. The Labute approximate surface area is 126 Å². The molecule has 0 aliphatic carbocycles. The van der Waals surface area contributed by atoms with Gasteiger partial charge in [-0.15, -0.1) is 11.6 Å². The minimum absolute atomic E-state index is 0.243. The lowest BCUT2D eigenvalue weighted by molar-refractivity contribution is -0.122. The fourth-order valence-electron chi connectivity index (χ4n) is 1.76. The summed E-state index contributed by atoms with van der Waals surface area (Å²) in [4.78, 5) is 25.3. The average Bonchev–Trinajstić information content (AvgIpc) is 2.69. The Kier molecular flexibility index (Phi) is 5.09. The highest BCUT2D eigenvalue weighted by Crippen LogP contribution is 2.32. The van der Waals surface area contributed by atoms with E-state index in [9.17, 15) is 9.59 Å². The van der Waals surface area contributed by atoms with Crippen molar-refractivity contribution in [1.82, 2.24) is 4.90 Å². The van der Waals surface area contributed by atoms with Crippen molar-refractivity contribution < 1.29 is 14.3 Å². The first kappa shape index (κ1) is 14.9. The molecule has 0 saturated carbocycles. The van der Waals surface area contributed by atoms with Crippen LogP contribution in [-0.4, -0.2) is 35.1 Å². The van der Waals surface area contributed by atoms with Crippen LogP contribution in [0.5, 0.6) is 5.75 Å². The van der Waals surface area contributed by atoms with Crippen molar-refractivity contribution in [2.75, 3.05) is 19.0 Å². The van der Waals surface area contributed by atoms with Crippen LogP contribution in [0.15, 0.2) is 29.2 Å². The molecule has 0 unspecified atom stereocenters. The second kappa shape index (κ2) is 6.81. The Morgan fingerprint density at radius 2 is 2.00 bits per heavy atom. The molecule has 1 fully saturated rings. The largest absolute Gasteiger partial charge is 0.494 e. The topological polar surface area (TPSA) is 46.6 Å². The molecule has 1 aliphatic heterocycles. The first-order valence-electron chi connectivity index (χ1n) is 6.20. The molecule has 0 spiro atoms. The van der Waals surface area contributed by atoms with Gasteiger partial charge in [0, 0.05) is 12.4 Å². The zero-order valence-electron chi connectivity index (χ0n) is 11.0. The molecule has 0 aromatic heterocycles. The van der Waals surface area contributed by atoms with Crippen LogP contribution in [0, 0.1) is 0 Å². The number of carbonyl (C=O) groups is 2. The van der Waals surface area contributed by atoms with E-state index in [4.69, 9.17) is 16.3 Å². The van der Waals surface area contributed by atoms with E-state index in [1.165, 1.54) is 0 Å². The summed E-state index contributed by atoms with van der Waals surface area (Å²) in [7, 11) is 0. The monoisotopic (exact) mass is 311 g/mol. The minimum Gasteiger partial charge on any atom is -0.494 e. The third kappa shape index (κ3) is 3.35. The Morgan fingerprint density at radius 1 is 1.30 bits per heavy atom. The fraction of sp³-hybridized carbons (Fsp3) is 0.286. The molecule has 1 aromatic carbocycles. The maximum atomic E-state index is 12.0. The van der Waals surface area contributed by atoms with Crippen LogP contribution in [0.2, 0.25) is 0 Å². The van der Waals surface area contributed by atoms with Gasteiger partial charge in [0.25, 0.3) is 11.1 Å². The van der Waals surface area contributed by atoms with Gasteiger partial charge >= 0.3 is 0 Å². The zero-order valence-corrected chi connectivity index (χ0v) is 12.5. The molecule has 6 heteroatoms. The zero-order chi connectivity index (χ0) is 14.5. The molecular formula is C14H14ClNO3S. The predicted molar refractivity (Wildman–Crippen MR) is 81.0 cm³/mol. The smallest absolute Gasteiger partial charge is 0.293 e. The Morgan fingerprint density at radius 3 is 2.60 bits per heavy atom. The summed E-state index contributed by atoms with van der Waals surface area (Å²) >= 11 is 6.52. The van der Waals surface area contributed by atoms with Gasteiger partial charge in [-0.1, -0.05) is 12.1 Å². The number of amides is 2. The van der Waals surface area contributed by atoms with E-state index in [1.807, 2.05) is 31.2 Å². The van der Waals surface area contributed by atoms with Crippen LogP contribution in [-0.2, 0) is 4.79 Å². The van der Waals surface area contributed by atoms with Gasteiger partial charge < -0.3 is 4.74 Å². The number of imide groups is 1. The molecule has 1 aliphatic rings. The van der Waals surface area contributed by atoms with Crippen LogP contribution in [0.3, 0.4) is 0 Å². The number of halogens is 1. The second-order valence-corrected chi connectivity index (χ2v) is 5.40. The summed E-state index contributed by atoms with van der Waals surface area (Å²) in [5.41, 5.74) is 0.852. The number of hydrogen-bond acceptors (Lipinski definition) is 4. The quantitative estimate of drug-likeness (QED) is 0.618. The molecule has 2 rings (SSSR count). The molecule has 0 atom stereocenters. The van der Waals surface area contributed by atoms with Gasteiger partial charge in [0.05, 0.1) is 11.5 Å². The number of nitrogens with zero attached hydrogens (tertiary/aromatic N) is 1. The minimum atomic E-state index is -0.283. The van der Waals surface area contributed by atoms with E-state index in [0.717, 1.165) is 28.0 Å². The lowest BCUT2D eigenvalue weighted by atomic mass is 10.2.